The van der Waals surface area contributed by atoms with Crippen molar-refractivity contribution in [1.82, 2.24) is 4.98 Å². The molecule has 0 amide bonds. The lowest BCUT2D eigenvalue weighted by Crippen LogP contribution is -1.93. The van der Waals surface area contributed by atoms with Crippen LogP contribution < -0.4 is 0 Å². The van der Waals surface area contributed by atoms with Gasteiger partial charge in [0, 0.05) is 16.1 Å². The van der Waals surface area contributed by atoms with Crippen molar-refractivity contribution in [2.75, 3.05) is 0 Å². The molecule has 1 N–H and O–H groups in total. The lowest BCUT2D eigenvalue weighted by molar-refractivity contribution is 0.459. The van der Waals surface area contributed by atoms with Crippen molar-refractivity contribution in [3.05, 3.63) is 44.9 Å². The molecule has 0 radical (unpaired) electrons. The van der Waals surface area contributed by atoms with E-state index in [2.05, 4.69) is 20.9 Å². The van der Waals surface area contributed by atoms with E-state index in [0.29, 0.717) is 21.0 Å². The number of fused-ring (bicyclic) bond motifs is 1. The smallest absolute Gasteiger partial charge is 0.227 e. The van der Waals surface area contributed by atoms with Crippen LogP contribution in [0.15, 0.2) is 33.2 Å². The van der Waals surface area contributed by atoms with E-state index < -0.39 is 0 Å². The Kier molecular flexibility index (Phi) is 3.91. The molecule has 1 heterocycles. The minimum Gasteiger partial charge on any atom is -0.506 e. The van der Waals surface area contributed by atoms with E-state index in [0.717, 1.165) is 22.2 Å². The molecule has 3 rings (SSSR count). The van der Waals surface area contributed by atoms with E-state index in [-0.39, 0.29) is 11.7 Å². The van der Waals surface area contributed by atoms with Gasteiger partial charge in [0.05, 0.1) is 4.47 Å². The van der Waals surface area contributed by atoms with Crippen molar-refractivity contribution >= 4 is 38.6 Å². The quantitative estimate of drug-likeness (QED) is 0.589. The zero-order chi connectivity index (χ0) is 16.0. The van der Waals surface area contributed by atoms with Crippen LogP contribution in [0.25, 0.3) is 22.6 Å². The normalized spacial score (nSPS) is 11.5. The van der Waals surface area contributed by atoms with Crippen molar-refractivity contribution in [2.45, 2.75) is 26.7 Å². The summed E-state index contributed by atoms with van der Waals surface area (Å²) < 4.78 is 6.63. The third-order valence-corrected chi connectivity index (χ3v) is 4.91. The molecule has 0 atom stereocenters. The number of oxazole rings is 1. The fourth-order valence-electron chi connectivity index (χ4n) is 2.52. The van der Waals surface area contributed by atoms with Gasteiger partial charge in [-0.3, -0.25) is 0 Å². The average Bonchev–Trinajstić information content (AvgIpc) is 2.90. The monoisotopic (exact) mass is 379 g/mol. The SMILES string of the molecule is Cc1c(Br)c(O)c(C(C)C)c2oc(-c3ccc(Cl)cc3)nc12. The minimum absolute atomic E-state index is 0.116. The first-order chi connectivity index (χ1) is 10.4. The Bertz CT molecular complexity index is 853. The fourth-order valence-corrected chi connectivity index (χ4v) is 3.04. The van der Waals surface area contributed by atoms with E-state index >= 15 is 0 Å². The van der Waals surface area contributed by atoms with Gasteiger partial charge < -0.3 is 9.52 Å². The molecule has 0 spiro atoms. The first kappa shape index (κ1) is 15.4. The third kappa shape index (κ3) is 2.40. The summed E-state index contributed by atoms with van der Waals surface area (Å²) in [4.78, 5) is 4.61. The van der Waals surface area contributed by atoms with E-state index in [1.807, 2.05) is 32.9 Å². The minimum atomic E-state index is 0.116. The molecule has 0 aliphatic rings. The van der Waals surface area contributed by atoms with Crippen molar-refractivity contribution in [2.24, 2.45) is 0 Å². The number of aromatic hydroxyl groups is 1. The number of benzene rings is 2. The molecule has 3 nitrogen and oxygen atoms in total. The van der Waals surface area contributed by atoms with Gasteiger partial charge >= 0.3 is 0 Å². The lowest BCUT2D eigenvalue weighted by atomic mass is 9.99. The van der Waals surface area contributed by atoms with Gasteiger partial charge in [-0.05, 0) is 58.6 Å². The van der Waals surface area contributed by atoms with E-state index in [4.69, 9.17) is 16.0 Å². The van der Waals surface area contributed by atoms with Crippen molar-refractivity contribution in [3.63, 3.8) is 0 Å². The Morgan fingerprint density at radius 2 is 1.86 bits per heavy atom. The van der Waals surface area contributed by atoms with Crippen LogP contribution >= 0.6 is 27.5 Å². The van der Waals surface area contributed by atoms with Crippen molar-refractivity contribution in [1.29, 1.82) is 0 Å². The van der Waals surface area contributed by atoms with Crippen LogP contribution in [0, 0.1) is 6.92 Å². The molecular weight excluding hydrogens is 366 g/mol. The number of phenols is 1. The summed E-state index contributed by atoms with van der Waals surface area (Å²) in [5, 5.41) is 11.1. The van der Waals surface area contributed by atoms with Gasteiger partial charge in [-0.25, -0.2) is 4.98 Å². The van der Waals surface area contributed by atoms with Gasteiger partial charge in [0.2, 0.25) is 5.89 Å². The highest BCUT2D eigenvalue weighted by Crippen LogP contribution is 2.43. The van der Waals surface area contributed by atoms with Crippen LogP contribution in [-0.4, -0.2) is 10.1 Å². The molecule has 22 heavy (non-hydrogen) atoms. The van der Waals surface area contributed by atoms with Crippen molar-refractivity contribution in [3.8, 4) is 17.2 Å². The molecule has 0 saturated carbocycles. The first-order valence-corrected chi connectivity index (χ1v) is 8.14. The summed E-state index contributed by atoms with van der Waals surface area (Å²) in [6.07, 6.45) is 0. The summed E-state index contributed by atoms with van der Waals surface area (Å²) in [7, 11) is 0. The standard InChI is InChI=1S/C17H15BrClNO2/c1-8(2)12-15(21)13(18)9(3)14-16(12)22-17(20-14)10-4-6-11(19)7-5-10/h4-8,21H,1-3H3. The number of halogens is 2. The Morgan fingerprint density at radius 1 is 1.23 bits per heavy atom. The van der Waals surface area contributed by atoms with Crippen molar-refractivity contribution < 1.29 is 9.52 Å². The van der Waals surface area contributed by atoms with Gasteiger partial charge in [0.15, 0.2) is 5.58 Å². The lowest BCUT2D eigenvalue weighted by Gasteiger charge is -2.12. The number of aryl methyl sites for hydroxylation is 1. The van der Waals surface area contributed by atoms with Crippen LogP contribution in [0.4, 0.5) is 0 Å². The number of aromatic nitrogens is 1. The van der Waals surface area contributed by atoms with Crippen LogP contribution in [0.3, 0.4) is 0 Å². The second-order valence-electron chi connectivity index (χ2n) is 5.56. The molecule has 0 fully saturated rings. The highest BCUT2D eigenvalue weighted by molar-refractivity contribution is 9.10. The van der Waals surface area contributed by atoms with Crippen LogP contribution in [0.5, 0.6) is 5.75 Å². The van der Waals surface area contributed by atoms with E-state index in [1.165, 1.54) is 0 Å². The predicted octanol–water partition coefficient (Wildman–Crippen LogP) is 6.05. The van der Waals surface area contributed by atoms with Crippen LogP contribution in [0.1, 0.15) is 30.9 Å². The molecule has 0 bridgehead atoms. The molecule has 5 heteroatoms. The highest BCUT2D eigenvalue weighted by Gasteiger charge is 2.22. The first-order valence-electron chi connectivity index (χ1n) is 6.97. The maximum Gasteiger partial charge on any atom is 0.227 e. The second-order valence-corrected chi connectivity index (χ2v) is 6.79. The van der Waals surface area contributed by atoms with E-state index in [9.17, 15) is 5.11 Å². The van der Waals surface area contributed by atoms with Gasteiger partial charge in [-0.2, -0.15) is 0 Å². The van der Waals surface area contributed by atoms with Gasteiger partial charge in [0.25, 0.3) is 0 Å². The Hall–Kier alpha value is -1.52. The van der Waals surface area contributed by atoms with Crippen LogP contribution in [0.2, 0.25) is 5.02 Å². The largest absolute Gasteiger partial charge is 0.506 e. The number of nitrogens with zero attached hydrogens (tertiary/aromatic N) is 1. The molecule has 114 valence electrons. The molecule has 1 aromatic heterocycles. The molecule has 0 unspecified atom stereocenters. The molecule has 0 aliphatic carbocycles. The number of hydrogen-bond acceptors (Lipinski definition) is 3. The Balaban J connectivity index is 2.31. The topological polar surface area (TPSA) is 46.3 Å². The summed E-state index contributed by atoms with van der Waals surface area (Å²) >= 11 is 9.37. The third-order valence-electron chi connectivity index (χ3n) is 3.69. The van der Waals surface area contributed by atoms with Gasteiger partial charge in [-0.1, -0.05) is 25.4 Å². The molecule has 2 aromatic carbocycles. The number of hydrogen-bond donors (Lipinski definition) is 1. The van der Waals surface area contributed by atoms with Crippen LogP contribution in [-0.2, 0) is 0 Å². The molecule has 0 aliphatic heterocycles. The molecular formula is C17H15BrClNO2. The Labute approximate surface area is 142 Å². The zero-order valence-electron chi connectivity index (χ0n) is 12.4. The summed E-state index contributed by atoms with van der Waals surface area (Å²) in [6.45, 7) is 5.94. The maximum atomic E-state index is 10.4. The molecule has 3 aromatic rings. The predicted molar refractivity (Wildman–Crippen MR) is 92.6 cm³/mol. The maximum absolute atomic E-state index is 10.4. The molecule has 0 saturated heterocycles. The number of phenolic OH excluding ortho intramolecular Hbond substituents is 1. The van der Waals surface area contributed by atoms with Gasteiger partial charge in [-0.15, -0.1) is 0 Å². The summed E-state index contributed by atoms with van der Waals surface area (Å²) in [6, 6.07) is 7.34. The second kappa shape index (κ2) is 5.60. The summed E-state index contributed by atoms with van der Waals surface area (Å²) in [5.74, 6) is 0.860. The number of rotatable bonds is 2. The fraction of sp³-hybridized carbons (Fsp3) is 0.235. The summed E-state index contributed by atoms with van der Waals surface area (Å²) in [5.41, 5.74) is 3.88. The highest BCUT2D eigenvalue weighted by atomic mass is 79.9. The average molecular weight is 381 g/mol. The van der Waals surface area contributed by atoms with Gasteiger partial charge in [0.1, 0.15) is 11.3 Å². The zero-order valence-corrected chi connectivity index (χ0v) is 14.8. The Morgan fingerprint density at radius 3 is 2.45 bits per heavy atom. The van der Waals surface area contributed by atoms with E-state index in [1.54, 1.807) is 12.1 Å².